The summed E-state index contributed by atoms with van der Waals surface area (Å²) in [5, 5.41) is 17.9. The van der Waals surface area contributed by atoms with Crippen molar-refractivity contribution in [1.29, 1.82) is 0 Å². The molecule has 4 heteroatoms. The maximum absolute atomic E-state index is 10.9. The highest BCUT2D eigenvalue weighted by Crippen LogP contribution is 2.63. The van der Waals surface area contributed by atoms with E-state index >= 15 is 0 Å². The van der Waals surface area contributed by atoms with Crippen LogP contribution in [-0.4, -0.2) is 22.2 Å². The van der Waals surface area contributed by atoms with Gasteiger partial charge in [-0.3, -0.25) is 9.59 Å². The lowest BCUT2D eigenvalue weighted by atomic mass is 9.44. The molecule has 0 aromatic carbocycles. The summed E-state index contributed by atoms with van der Waals surface area (Å²) in [4.78, 5) is 21.8. The van der Waals surface area contributed by atoms with Crippen LogP contribution in [0.25, 0.3) is 0 Å². The van der Waals surface area contributed by atoms with E-state index in [1.807, 2.05) is 0 Å². The van der Waals surface area contributed by atoms with Crippen LogP contribution < -0.4 is 0 Å². The van der Waals surface area contributed by atoms with Crippen LogP contribution in [0.15, 0.2) is 0 Å². The van der Waals surface area contributed by atoms with Crippen molar-refractivity contribution in [3.63, 3.8) is 0 Å². The number of hydrogen-bond acceptors (Lipinski definition) is 2. The summed E-state index contributed by atoms with van der Waals surface area (Å²) >= 11 is 0. The number of unbranched alkanes of at least 4 members (excludes halogenated alkanes) is 12. The maximum atomic E-state index is 10.9. The van der Waals surface area contributed by atoms with Crippen LogP contribution in [0, 0.1) is 47.3 Å². The molecule has 0 aromatic heterocycles. The highest BCUT2D eigenvalue weighted by Gasteiger charge is 2.55. The molecule has 0 aliphatic heterocycles. The van der Waals surface area contributed by atoms with Gasteiger partial charge in [0.1, 0.15) is 0 Å². The van der Waals surface area contributed by atoms with Crippen LogP contribution in [0.4, 0.5) is 0 Å². The molecule has 3 saturated carbocycles. The Bertz CT molecular complexity index is 749. The minimum absolute atomic E-state index is 0.326. The third-order valence-corrected chi connectivity index (χ3v) is 12.2. The van der Waals surface area contributed by atoms with E-state index in [0.717, 1.165) is 73.0 Å². The Balaban J connectivity index is 1.63. The molecule has 2 N–H and O–H groups in total. The zero-order chi connectivity index (χ0) is 30.2. The molecule has 0 heterocycles. The number of carboxylic acid groups (broad SMARTS) is 2. The fourth-order valence-electron chi connectivity index (χ4n) is 9.90. The molecule has 3 rings (SSSR count). The molecule has 0 spiro atoms. The highest BCUT2D eigenvalue weighted by molar-refractivity contribution is 5.66. The number of aliphatic carboxylic acids is 2. The van der Waals surface area contributed by atoms with E-state index in [1.165, 1.54) is 128 Å². The molecular formula is C38H68O4. The molecule has 8 unspecified atom stereocenters. The van der Waals surface area contributed by atoms with Crippen LogP contribution >= 0.6 is 0 Å². The molecular weight excluding hydrogens is 520 g/mol. The van der Waals surface area contributed by atoms with Crippen molar-refractivity contribution in [2.24, 2.45) is 47.3 Å². The van der Waals surface area contributed by atoms with Crippen LogP contribution in [-0.2, 0) is 9.59 Å². The predicted molar refractivity (Wildman–Crippen MR) is 175 cm³/mol. The minimum Gasteiger partial charge on any atom is -0.481 e. The molecule has 0 amide bonds. The zero-order valence-corrected chi connectivity index (χ0v) is 27.7. The molecule has 0 aromatic rings. The average molecular weight is 589 g/mol. The normalized spacial score (nSPS) is 30.3. The van der Waals surface area contributed by atoms with Crippen molar-refractivity contribution in [3.8, 4) is 0 Å². The van der Waals surface area contributed by atoms with Gasteiger partial charge < -0.3 is 10.2 Å². The monoisotopic (exact) mass is 589 g/mol. The van der Waals surface area contributed by atoms with Crippen LogP contribution in [0.5, 0.6) is 0 Å². The van der Waals surface area contributed by atoms with Crippen molar-refractivity contribution in [3.05, 3.63) is 0 Å². The van der Waals surface area contributed by atoms with Gasteiger partial charge >= 0.3 is 11.9 Å². The summed E-state index contributed by atoms with van der Waals surface area (Å²) in [5.41, 5.74) is 0. The number of hydrogen-bond donors (Lipinski definition) is 2. The van der Waals surface area contributed by atoms with Gasteiger partial charge in [0.25, 0.3) is 0 Å². The average Bonchev–Trinajstić information content (AvgIpc) is 2.94. The minimum atomic E-state index is -0.652. The zero-order valence-electron chi connectivity index (χ0n) is 27.7. The molecule has 4 nitrogen and oxygen atoms in total. The summed E-state index contributed by atoms with van der Waals surface area (Å²) in [6.07, 6.45) is 32.2. The third-order valence-electron chi connectivity index (χ3n) is 12.2. The van der Waals surface area contributed by atoms with E-state index in [0.29, 0.717) is 12.8 Å². The number of fused-ring (bicyclic) bond motifs is 3. The van der Waals surface area contributed by atoms with E-state index in [9.17, 15) is 9.59 Å². The standard InChI is InChI=1S/C38H68O4/c1-3-5-7-14-20-30-28-35-32(22-16-11-9-13-18-24-38(41)42)31(21-15-10-8-12-17-23-37(39)40)33-25-26-34(33)36(35)27-29(30)19-6-4-2/h29-36H,3-28H2,1-2H3,(H,39,40)(H,41,42). The van der Waals surface area contributed by atoms with Gasteiger partial charge in [0, 0.05) is 12.8 Å². The van der Waals surface area contributed by atoms with Gasteiger partial charge in [-0.1, -0.05) is 117 Å². The van der Waals surface area contributed by atoms with Crippen LogP contribution in [0.2, 0.25) is 0 Å². The van der Waals surface area contributed by atoms with E-state index in [-0.39, 0.29) is 0 Å². The lowest BCUT2D eigenvalue weighted by Crippen LogP contribution is -2.54. The Labute approximate surface area is 259 Å². The molecule has 3 aliphatic carbocycles. The maximum Gasteiger partial charge on any atom is 0.303 e. The summed E-state index contributed by atoms with van der Waals surface area (Å²) in [5.74, 6) is 6.39. The molecule has 0 bridgehead atoms. The van der Waals surface area contributed by atoms with Gasteiger partial charge in [0.05, 0.1) is 0 Å². The fourth-order valence-corrected chi connectivity index (χ4v) is 9.90. The van der Waals surface area contributed by atoms with E-state index < -0.39 is 11.9 Å². The molecule has 8 atom stereocenters. The molecule has 3 fully saturated rings. The fraction of sp³-hybridized carbons (Fsp3) is 0.947. The van der Waals surface area contributed by atoms with Gasteiger partial charge in [-0.05, 0) is 98.7 Å². The first-order chi connectivity index (χ1) is 20.5. The molecule has 0 radical (unpaired) electrons. The van der Waals surface area contributed by atoms with Crippen molar-refractivity contribution in [2.45, 2.75) is 181 Å². The van der Waals surface area contributed by atoms with Gasteiger partial charge in [0.2, 0.25) is 0 Å². The summed E-state index contributed by atoms with van der Waals surface area (Å²) in [6.45, 7) is 4.71. The smallest absolute Gasteiger partial charge is 0.303 e. The molecule has 42 heavy (non-hydrogen) atoms. The first kappa shape index (κ1) is 35.4. The Hall–Kier alpha value is -1.06. The second-order valence-electron chi connectivity index (χ2n) is 14.9. The highest BCUT2D eigenvalue weighted by atomic mass is 16.4. The lowest BCUT2D eigenvalue weighted by Gasteiger charge is -2.61. The second kappa shape index (κ2) is 20.1. The lowest BCUT2D eigenvalue weighted by molar-refractivity contribution is -0.138. The van der Waals surface area contributed by atoms with E-state index in [1.54, 1.807) is 0 Å². The number of carboxylic acids is 2. The number of carbonyl (C=O) groups is 2. The third kappa shape index (κ3) is 11.5. The summed E-state index contributed by atoms with van der Waals surface area (Å²) < 4.78 is 0. The molecule has 3 aliphatic rings. The Kier molecular flexibility index (Phi) is 16.9. The SMILES string of the molecule is CCCCCCC1CC2C(CCCCCCCC(=O)O)C(CCCCCCCC(=O)O)C3CCC3C2CC1CCCC. The van der Waals surface area contributed by atoms with E-state index in [4.69, 9.17) is 10.2 Å². The Morgan fingerprint density at radius 3 is 1.43 bits per heavy atom. The first-order valence-electron chi connectivity index (χ1n) is 18.9. The van der Waals surface area contributed by atoms with E-state index in [2.05, 4.69) is 13.8 Å². The molecule has 244 valence electrons. The van der Waals surface area contributed by atoms with Crippen LogP contribution in [0.1, 0.15) is 181 Å². The predicted octanol–water partition coefficient (Wildman–Crippen LogP) is 11.3. The van der Waals surface area contributed by atoms with Gasteiger partial charge in [-0.15, -0.1) is 0 Å². The van der Waals surface area contributed by atoms with Crippen molar-refractivity contribution >= 4 is 11.9 Å². The van der Waals surface area contributed by atoms with Crippen molar-refractivity contribution in [1.82, 2.24) is 0 Å². The Morgan fingerprint density at radius 2 is 0.905 bits per heavy atom. The van der Waals surface area contributed by atoms with Crippen LogP contribution in [0.3, 0.4) is 0 Å². The second-order valence-corrected chi connectivity index (χ2v) is 14.9. The Morgan fingerprint density at radius 1 is 0.476 bits per heavy atom. The van der Waals surface area contributed by atoms with Crippen molar-refractivity contribution in [2.75, 3.05) is 0 Å². The number of rotatable bonds is 24. The molecule has 0 saturated heterocycles. The van der Waals surface area contributed by atoms with Crippen molar-refractivity contribution < 1.29 is 19.8 Å². The largest absolute Gasteiger partial charge is 0.481 e. The van der Waals surface area contributed by atoms with Gasteiger partial charge in [-0.2, -0.15) is 0 Å². The summed E-state index contributed by atoms with van der Waals surface area (Å²) in [7, 11) is 0. The summed E-state index contributed by atoms with van der Waals surface area (Å²) in [6, 6.07) is 0. The van der Waals surface area contributed by atoms with Gasteiger partial charge in [-0.25, -0.2) is 0 Å². The topological polar surface area (TPSA) is 74.6 Å². The quantitative estimate of drug-likeness (QED) is 0.110. The first-order valence-corrected chi connectivity index (χ1v) is 18.9. The van der Waals surface area contributed by atoms with Gasteiger partial charge in [0.15, 0.2) is 0 Å².